The van der Waals surface area contributed by atoms with Crippen LogP contribution in [0.4, 0.5) is 0 Å². The van der Waals surface area contributed by atoms with Gasteiger partial charge in [0.15, 0.2) is 6.10 Å². The van der Waals surface area contributed by atoms with Gasteiger partial charge in [-0.05, 0) is 47.1 Å². The quantitative estimate of drug-likeness (QED) is 0.772. The average molecular weight is 305 g/mol. The smallest absolute Gasteiger partial charge is 0.340 e. The van der Waals surface area contributed by atoms with E-state index in [4.69, 9.17) is 21.1 Å². The van der Waals surface area contributed by atoms with Crippen LogP contribution >= 0.6 is 22.9 Å². The van der Waals surface area contributed by atoms with Crippen molar-refractivity contribution >= 4 is 28.9 Å². The van der Waals surface area contributed by atoms with Gasteiger partial charge in [0.1, 0.15) is 0 Å². The van der Waals surface area contributed by atoms with E-state index < -0.39 is 11.7 Å². The summed E-state index contributed by atoms with van der Waals surface area (Å²) < 4.78 is 11.7. The van der Waals surface area contributed by atoms with Gasteiger partial charge in [-0.1, -0.05) is 11.6 Å². The molecule has 108 valence electrons. The van der Waals surface area contributed by atoms with Crippen molar-refractivity contribution in [2.75, 3.05) is 6.61 Å². The Morgan fingerprint density at radius 2 is 1.95 bits per heavy atom. The van der Waals surface area contributed by atoms with Gasteiger partial charge in [0.05, 0.1) is 16.5 Å². The molecular formula is C14H21ClO3S. The Hall–Kier alpha value is -0.580. The lowest BCUT2D eigenvalue weighted by molar-refractivity contribution is -0.166. The van der Waals surface area contributed by atoms with Crippen molar-refractivity contribution in [3.8, 4) is 0 Å². The first-order valence-electron chi connectivity index (χ1n) is 6.27. The molecule has 1 aromatic heterocycles. The van der Waals surface area contributed by atoms with Crippen LogP contribution < -0.4 is 0 Å². The van der Waals surface area contributed by atoms with Crippen molar-refractivity contribution in [3.05, 3.63) is 20.3 Å². The second-order valence-corrected chi connectivity index (χ2v) is 7.16. The van der Waals surface area contributed by atoms with Gasteiger partial charge in [-0.25, -0.2) is 4.79 Å². The number of hydrogen-bond acceptors (Lipinski definition) is 4. The van der Waals surface area contributed by atoms with Crippen LogP contribution in [0.1, 0.15) is 49.8 Å². The monoisotopic (exact) mass is 304 g/mol. The molecular weight excluding hydrogens is 284 g/mol. The number of carbonyl (C=O) groups excluding carboxylic acids is 1. The van der Waals surface area contributed by atoms with E-state index in [9.17, 15) is 4.79 Å². The van der Waals surface area contributed by atoms with Crippen molar-refractivity contribution in [3.63, 3.8) is 0 Å². The normalized spacial score (nSPS) is 13.4. The molecule has 0 bridgehead atoms. The summed E-state index contributed by atoms with van der Waals surface area (Å²) in [7, 11) is 0. The van der Waals surface area contributed by atoms with Gasteiger partial charge in [-0.2, -0.15) is 0 Å². The molecule has 0 fully saturated rings. The molecule has 1 atom stereocenters. The third kappa shape index (κ3) is 4.20. The highest BCUT2D eigenvalue weighted by Crippen LogP contribution is 2.38. The maximum absolute atomic E-state index is 12.1. The molecule has 0 aliphatic rings. The number of halogens is 1. The third-order valence-corrected chi connectivity index (χ3v) is 4.08. The standard InChI is InChI=1S/C14H21ClO3S/c1-7-17-13(16)11(18-14(4,5)6)10-8(2)12(15)19-9(10)3/h11H,7H2,1-6H3. The summed E-state index contributed by atoms with van der Waals surface area (Å²) in [5, 5.41) is 0. The first kappa shape index (κ1) is 16.5. The second kappa shape index (κ2) is 6.25. The molecule has 1 unspecified atom stereocenters. The van der Waals surface area contributed by atoms with Crippen molar-refractivity contribution in [2.45, 2.75) is 53.2 Å². The number of carbonyl (C=O) groups is 1. The lowest BCUT2D eigenvalue weighted by Crippen LogP contribution is -2.29. The van der Waals surface area contributed by atoms with E-state index in [-0.39, 0.29) is 5.97 Å². The van der Waals surface area contributed by atoms with E-state index in [1.54, 1.807) is 6.92 Å². The molecule has 1 heterocycles. The Bertz CT molecular complexity index is 460. The van der Waals surface area contributed by atoms with E-state index in [1.807, 2.05) is 34.6 Å². The number of esters is 1. The fraction of sp³-hybridized carbons (Fsp3) is 0.643. The van der Waals surface area contributed by atoms with Gasteiger partial charge in [-0.3, -0.25) is 0 Å². The maximum Gasteiger partial charge on any atom is 0.340 e. The highest BCUT2D eigenvalue weighted by atomic mass is 35.5. The van der Waals surface area contributed by atoms with Crippen molar-refractivity contribution in [2.24, 2.45) is 0 Å². The first-order valence-corrected chi connectivity index (χ1v) is 7.46. The Morgan fingerprint density at radius 3 is 2.32 bits per heavy atom. The van der Waals surface area contributed by atoms with Crippen molar-refractivity contribution < 1.29 is 14.3 Å². The number of hydrogen-bond donors (Lipinski definition) is 0. The van der Waals surface area contributed by atoms with E-state index in [2.05, 4.69) is 0 Å². The molecule has 0 N–H and O–H groups in total. The van der Waals surface area contributed by atoms with Crippen molar-refractivity contribution in [1.82, 2.24) is 0 Å². The molecule has 0 aliphatic carbocycles. The minimum absolute atomic E-state index is 0.332. The first-order chi connectivity index (χ1) is 8.67. The minimum atomic E-state index is -0.719. The molecule has 19 heavy (non-hydrogen) atoms. The zero-order chi connectivity index (χ0) is 14.8. The summed E-state index contributed by atoms with van der Waals surface area (Å²) in [6, 6.07) is 0. The molecule has 0 aliphatic heterocycles. The van der Waals surface area contributed by atoms with Gasteiger partial charge in [-0.15, -0.1) is 11.3 Å². The van der Waals surface area contributed by atoms with Crippen LogP contribution in [0.25, 0.3) is 0 Å². The summed E-state index contributed by atoms with van der Waals surface area (Å²) in [4.78, 5) is 13.1. The Balaban J connectivity index is 3.19. The molecule has 0 saturated heterocycles. The van der Waals surface area contributed by atoms with Crippen LogP contribution in [0.2, 0.25) is 4.34 Å². The Morgan fingerprint density at radius 1 is 1.37 bits per heavy atom. The highest BCUT2D eigenvalue weighted by molar-refractivity contribution is 7.16. The van der Waals surface area contributed by atoms with Crippen LogP contribution in [0.15, 0.2) is 0 Å². The molecule has 5 heteroatoms. The van der Waals surface area contributed by atoms with Crippen LogP contribution in [0, 0.1) is 13.8 Å². The van der Waals surface area contributed by atoms with Crippen LogP contribution in [-0.2, 0) is 14.3 Å². The average Bonchev–Trinajstić information content (AvgIpc) is 2.49. The highest BCUT2D eigenvalue weighted by Gasteiger charge is 2.32. The fourth-order valence-corrected chi connectivity index (χ4v) is 3.16. The molecule has 0 saturated carbocycles. The second-order valence-electron chi connectivity index (χ2n) is 5.33. The molecule has 0 aromatic carbocycles. The maximum atomic E-state index is 12.1. The van der Waals surface area contributed by atoms with Gasteiger partial charge in [0, 0.05) is 10.4 Å². The van der Waals surface area contributed by atoms with Crippen molar-refractivity contribution in [1.29, 1.82) is 0 Å². The minimum Gasteiger partial charge on any atom is -0.464 e. The summed E-state index contributed by atoms with van der Waals surface area (Å²) in [5.41, 5.74) is 1.29. The number of aryl methyl sites for hydroxylation is 1. The topological polar surface area (TPSA) is 35.5 Å². The molecule has 0 spiro atoms. The molecule has 0 amide bonds. The summed E-state index contributed by atoms with van der Waals surface area (Å²) in [6.45, 7) is 11.7. The summed E-state index contributed by atoms with van der Waals surface area (Å²) in [5.74, 6) is -0.363. The van der Waals surface area contributed by atoms with E-state index in [1.165, 1.54) is 11.3 Å². The number of thiophene rings is 1. The van der Waals surface area contributed by atoms with E-state index >= 15 is 0 Å². The van der Waals surface area contributed by atoms with E-state index in [0.29, 0.717) is 10.9 Å². The van der Waals surface area contributed by atoms with Gasteiger partial charge < -0.3 is 9.47 Å². The van der Waals surface area contributed by atoms with Crippen LogP contribution in [0.5, 0.6) is 0 Å². The van der Waals surface area contributed by atoms with Gasteiger partial charge >= 0.3 is 5.97 Å². The Labute approximate surface area is 123 Å². The lowest BCUT2D eigenvalue weighted by atomic mass is 10.0. The van der Waals surface area contributed by atoms with E-state index in [0.717, 1.165) is 16.0 Å². The number of rotatable bonds is 4. The zero-order valence-corrected chi connectivity index (χ0v) is 13.9. The van der Waals surface area contributed by atoms with Crippen LogP contribution in [-0.4, -0.2) is 18.2 Å². The van der Waals surface area contributed by atoms with Gasteiger partial charge in [0.25, 0.3) is 0 Å². The predicted molar refractivity (Wildman–Crippen MR) is 79.0 cm³/mol. The van der Waals surface area contributed by atoms with Gasteiger partial charge in [0.2, 0.25) is 0 Å². The molecule has 0 radical (unpaired) electrons. The molecule has 3 nitrogen and oxygen atoms in total. The molecule has 1 rings (SSSR count). The Kier molecular flexibility index (Phi) is 5.42. The summed E-state index contributed by atoms with van der Waals surface area (Å²) >= 11 is 7.61. The number of ether oxygens (including phenoxy) is 2. The lowest BCUT2D eigenvalue weighted by Gasteiger charge is -2.27. The van der Waals surface area contributed by atoms with Crippen LogP contribution in [0.3, 0.4) is 0 Å². The fourth-order valence-electron chi connectivity index (χ4n) is 1.81. The SMILES string of the molecule is CCOC(=O)C(OC(C)(C)C)c1c(C)sc(Cl)c1C. The largest absolute Gasteiger partial charge is 0.464 e. The predicted octanol–water partition coefficient (Wildman–Crippen LogP) is 4.44. The third-order valence-electron chi connectivity index (χ3n) is 2.56. The zero-order valence-electron chi connectivity index (χ0n) is 12.3. The molecule has 1 aromatic rings. The summed E-state index contributed by atoms with van der Waals surface area (Å²) in [6.07, 6.45) is -0.719.